The van der Waals surface area contributed by atoms with E-state index < -0.39 is 0 Å². The summed E-state index contributed by atoms with van der Waals surface area (Å²) >= 11 is 0. The predicted molar refractivity (Wildman–Crippen MR) is 170 cm³/mol. The number of hydrogen-bond donors (Lipinski definition) is 0. The molecule has 0 radical (unpaired) electrons. The van der Waals surface area contributed by atoms with Crippen molar-refractivity contribution in [3.8, 4) is 11.4 Å². The Morgan fingerprint density at radius 2 is 1.60 bits per heavy atom. The number of hydrogen-bond acceptors (Lipinski definition) is 6. The van der Waals surface area contributed by atoms with Crippen LogP contribution in [-0.2, 0) is 6.42 Å². The zero-order valence-corrected chi connectivity index (χ0v) is 24.9. The minimum Gasteiger partial charge on any atom is -0.494 e. The second-order valence-corrected chi connectivity index (χ2v) is 11.0. The van der Waals surface area contributed by atoms with Crippen LogP contribution < -0.4 is 9.64 Å². The van der Waals surface area contributed by atoms with Crippen molar-refractivity contribution in [2.45, 2.75) is 39.5 Å². The molecule has 0 N–H and O–H groups in total. The number of carbonyl (C=O) groups is 1. The molecule has 0 aliphatic carbocycles. The van der Waals surface area contributed by atoms with E-state index in [0.717, 1.165) is 71.2 Å². The lowest BCUT2D eigenvalue weighted by atomic mass is 10.1. The molecule has 0 atom stereocenters. The molecule has 43 heavy (non-hydrogen) atoms. The first-order chi connectivity index (χ1) is 21.1. The quantitative estimate of drug-likeness (QED) is 0.194. The average molecular weight is 575 g/mol. The van der Waals surface area contributed by atoms with Crippen LogP contribution in [-0.4, -0.2) is 63.3 Å². The topological polar surface area (TPSA) is 76.4 Å². The van der Waals surface area contributed by atoms with Gasteiger partial charge in [0.15, 0.2) is 5.65 Å². The molecule has 3 heterocycles. The molecule has 8 nitrogen and oxygen atoms in total. The highest BCUT2D eigenvalue weighted by molar-refractivity contribution is 5.94. The average Bonchev–Trinajstić information content (AvgIpc) is 3.20. The number of anilines is 1. The van der Waals surface area contributed by atoms with Crippen LogP contribution in [0, 0.1) is 6.92 Å². The lowest BCUT2D eigenvalue weighted by Crippen LogP contribution is -2.35. The maximum Gasteiger partial charge on any atom is 0.253 e. The molecule has 6 rings (SSSR count). The lowest BCUT2D eigenvalue weighted by Gasteiger charge is -2.24. The molecule has 1 amide bonds. The molecule has 0 bridgehead atoms. The van der Waals surface area contributed by atoms with Gasteiger partial charge >= 0.3 is 0 Å². The third-order valence-corrected chi connectivity index (χ3v) is 7.89. The molecule has 0 spiro atoms. The van der Waals surface area contributed by atoms with Crippen molar-refractivity contribution in [3.05, 3.63) is 108 Å². The van der Waals surface area contributed by atoms with Crippen LogP contribution in [0.3, 0.4) is 0 Å². The number of unbranched alkanes of at least 4 members (excludes halogenated alkanes) is 1. The monoisotopic (exact) mass is 574 g/mol. The first-order valence-corrected chi connectivity index (χ1v) is 15.2. The molecule has 220 valence electrons. The SMILES string of the molecule is CCCCOc1ccc(C(=O)N2CCCN(c3nc(Cc4ccccc4)nc4c3c(C)nn4-c3ccccc3)CC2)cc1. The van der Waals surface area contributed by atoms with Gasteiger partial charge < -0.3 is 14.5 Å². The minimum atomic E-state index is 0.0487. The molecule has 3 aromatic carbocycles. The normalized spacial score (nSPS) is 13.7. The van der Waals surface area contributed by atoms with Gasteiger partial charge in [0.2, 0.25) is 0 Å². The van der Waals surface area contributed by atoms with Crippen molar-refractivity contribution < 1.29 is 9.53 Å². The van der Waals surface area contributed by atoms with Gasteiger partial charge in [0.1, 0.15) is 17.4 Å². The van der Waals surface area contributed by atoms with Gasteiger partial charge in [-0.25, -0.2) is 14.6 Å². The smallest absolute Gasteiger partial charge is 0.253 e. The number of ether oxygens (including phenoxy) is 1. The van der Waals surface area contributed by atoms with Crippen LogP contribution in [0.4, 0.5) is 5.82 Å². The molecule has 1 fully saturated rings. The van der Waals surface area contributed by atoms with Crippen LogP contribution in [0.15, 0.2) is 84.9 Å². The summed E-state index contributed by atoms with van der Waals surface area (Å²) in [4.78, 5) is 27.9. The van der Waals surface area contributed by atoms with Gasteiger partial charge in [0, 0.05) is 38.2 Å². The molecular formula is C35H38N6O2. The number of amides is 1. The molecular weight excluding hydrogens is 536 g/mol. The van der Waals surface area contributed by atoms with E-state index in [1.54, 1.807) is 0 Å². The summed E-state index contributed by atoms with van der Waals surface area (Å²) in [6.07, 6.45) is 3.57. The standard InChI is InChI=1S/C35H38N6O2/c1-3-4-24-43-30-18-16-28(17-19-30)35(42)40-21-11-20-39(22-23-40)33-32-26(2)38-41(29-14-9-6-10-15-29)34(32)37-31(36-33)25-27-12-7-5-8-13-27/h5-10,12-19H,3-4,11,20-25H2,1-2H3. The zero-order valence-electron chi connectivity index (χ0n) is 24.9. The highest BCUT2D eigenvalue weighted by atomic mass is 16.5. The number of aromatic nitrogens is 4. The van der Waals surface area contributed by atoms with Crippen LogP contribution in [0.1, 0.15) is 53.6 Å². The van der Waals surface area contributed by atoms with Crippen LogP contribution in [0.5, 0.6) is 5.75 Å². The molecule has 1 aliphatic heterocycles. The van der Waals surface area contributed by atoms with Crippen LogP contribution in [0.2, 0.25) is 0 Å². The number of para-hydroxylation sites is 1. The number of carbonyl (C=O) groups excluding carboxylic acids is 1. The summed E-state index contributed by atoms with van der Waals surface area (Å²) in [7, 11) is 0. The number of nitrogens with zero attached hydrogens (tertiary/aromatic N) is 6. The third-order valence-electron chi connectivity index (χ3n) is 7.89. The molecule has 1 aliphatic rings. The van der Waals surface area contributed by atoms with Crippen molar-refractivity contribution in [1.82, 2.24) is 24.6 Å². The van der Waals surface area contributed by atoms with Crippen molar-refractivity contribution in [1.29, 1.82) is 0 Å². The molecule has 2 aromatic heterocycles. The largest absolute Gasteiger partial charge is 0.494 e. The maximum atomic E-state index is 13.5. The summed E-state index contributed by atoms with van der Waals surface area (Å²) in [5.74, 6) is 2.49. The van der Waals surface area contributed by atoms with Gasteiger partial charge in [-0.15, -0.1) is 0 Å². The molecule has 1 saturated heterocycles. The van der Waals surface area contributed by atoms with Crippen molar-refractivity contribution in [2.24, 2.45) is 0 Å². The molecule has 0 unspecified atom stereocenters. The van der Waals surface area contributed by atoms with E-state index in [4.69, 9.17) is 19.8 Å². The predicted octanol–water partition coefficient (Wildman–Crippen LogP) is 6.25. The Morgan fingerprint density at radius 1 is 0.860 bits per heavy atom. The fourth-order valence-electron chi connectivity index (χ4n) is 5.58. The highest BCUT2D eigenvalue weighted by Crippen LogP contribution is 2.30. The molecule has 5 aromatic rings. The summed E-state index contributed by atoms with van der Waals surface area (Å²) < 4.78 is 7.71. The van der Waals surface area contributed by atoms with E-state index in [2.05, 4.69) is 24.0 Å². The summed E-state index contributed by atoms with van der Waals surface area (Å²) in [5, 5.41) is 5.87. The molecule has 8 heteroatoms. The van der Waals surface area contributed by atoms with E-state index in [1.807, 2.05) is 89.3 Å². The minimum absolute atomic E-state index is 0.0487. The number of benzene rings is 3. The summed E-state index contributed by atoms with van der Waals surface area (Å²) in [6.45, 7) is 7.63. The van der Waals surface area contributed by atoms with Gasteiger partial charge in [-0.3, -0.25) is 4.79 Å². The summed E-state index contributed by atoms with van der Waals surface area (Å²) in [6, 6.07) is 28.0. The number of fused-ring (bicyclic) bond motifs is 1. The zero-order chi connectivity index (χ0) is 29.6. The van der Waals surface area contributed by atoms with Gasteiger partial charge in [-0.1, -0.05) is 61.9 Å². The Hall–Kier alpha value is -4.72. The van der Waals surface area contributed by atoms with E-state index in [9.17, 15) is 4.79 Å². The van der Waals surface area contributed by atoms with Gasteiger partial charge in [0.05, 0.1) is 23.4 Å². The van der Waals surface area contributed by atoms with Gasteiger partial charge in [-0.05, 0) is 61.7 Å². The van der Waals surface area contributed by atoms with Crippen molar-refractivity contribution >= 4 is 22.8 Å². The first-order valence-electron chi connectivity index (χ1n) is 15.2. The Bertz CT molecular complexity index is 1670. The van der Waals surface area contributed by atoms with Crippen molar-refractivity contribution in [3.63, 3.8) is 0 Å². The third kappa shape index (κ3) is 6.38. The van der Waals surface area contributed by atoms with E-state index >= 15 is 0 Å². The Kier molecular flexibility index (Phi) is 8.63. The lowest BCUT2D eigenvalue weighted by molar-refractivity contribution is 0.0767. The number of rotatable bonds is 9. The molecule has 0 saturated carbocycles. The Labute approximate surface area is 252 Å². The summed E-state index contributed by atoms with van der Waals surface area (Å²) in [5.41, 5.74) is 4.50. The van der Waals surface area contributed by atoms with Gasteiger partial charge in [-0.2, -0.15) is 5.10 Å². The maximum absolute atomic E-state index is 13.5. The first kappa shape index (κ1) is 28.4. The number of aryl methyl sites for hydroxylation is 1. The van der Waals surface area contributed by atoms with E-state index in [0.29, 0.717) is 38.2 Å². The van der Waals surface area contributed by atoms with E-state index in [1.165, 1.54) is 0 Å². The highest BCUT2D eigenvalue weighted by Gasteiger charge is 2.25. The second kappa shape index (κ2) is 13.1. The van der Waals surface area contributed by atoms with Crippen LogP contribution in [0.25, 0.3) is 16.7 Å². The van der Waals surface area contributed by atoms with Crippen LogP contribution >= 0.6 is 0 Å². The fourth-order valence-corrected chi connectivity index (χ4v) is 5.58. The van der Waals surface area contributed by atoms with Crippen molar-refractivity contribution in [2.75, 3.05) is 37.7 Å². The second-order valence-electron chi connectivity index (χ2n) is 11.0. The van der Waals surface area contributed by atoms with Gasteiger partial charge in [0.25, 0.3) is 5.91 Å². The van der Waals surface area contributed by atoms with E-state index in [-0.39, 0.29) is 5.91 Å². The Morgan fingerprint density at radius 3 is 2.35 bits per heavy atom. The Balaban J connectivity index is 1.28. The fraction of sp³-hybridized carbons (Fsp3) is 0.314.